The average Bonchev–Trinajstić information content (AvgIpc) is 2.38. The highest BCUT2D eigenvalue weighted by Gasteiger charge is 2.37. The molecule has 1 atom stereocenters. The molecule has 2 aliphatic rings. The van der Waals surface area contributed by atoms with Gasteiger partial charge in [0, 0.05) is 25.7 Å². The van der Waals surface area contributed by atoms with Gasteiger partial charge in [0.05, 0.1) is 0 Å². The molecule has 1 aliphatic heterocycles. The van der Waals surface area contributed by atoms with E-state index in [-0.39, 0.29) is 6.04 Å². The molecule has 0 aromatic heterocycles. The third-order valence-corrected chi connectivity index (χ3v) is 4.96. The van der Waals surface area contributed by atoms with Crippen LogP contribution in [0.1, 0.15) is 46.5 Å². The van der Waals surface area contributed by atoms with Crippen molar-refractivity contribution in [2.24, 2.45) is 11.3 Å². The smallest absolute Gasteiger partial charge is 0.322 e. The molecule has 2 fully saturated rings. The summed E-state index contributed by atoms with van der Waals surface area (Å²) in [5.74, 6) is 0.111. The molecule has 1 saturated carbocycles. The summed E-state index contributed by atoms with van der Waals surface area (Å²) in [7, 11) is 0. The van der Waals surface area contributed by atoms with Crippen LogP contribution < -0.4 is 5.32 Å². The van der Waals surface area contributed by atoms with E-state index in [1.54, 1.807) is 0 Å². The fraction of sp³-hybridized carbons (Fsp3) is 0.933. The van der Waals surface area contributed by atoms with E-state index >= 15 is 0 Å². The summed E-state index contributed by atoms with van der Waals surface area (Å²) in [6.07, 6.45) is 4.80. The van der Waals surface area contributed by atoms with Crippen LogP contribution in [0.15, 0.2) is 0 Å². The van der Waals surface area contributed by atoms with E-state index in [1.807, 2.05) is 0 Å². The monoisotopic (exact) mass is 268 g/mol. The van der Waals surface area contributed by atoms with Crippen LogP contribution in [0.25, 0.3) is 0 Å². The first-order valence-corrected chi connectivity index (χ1v) is 7.59. The molecular formula is C15H28N2O2. The van der Waals surface area contributed by atoms with Gasteiger partial charge in [-0.15, -0.1) is 0 Å². The Morgan fingerprint density at radius 1 is 1.21 bits per heavy atom. The summed E-state index contributed by atoms with van der Waals surface area (Å²) >= 11 is 0. The van der Waals surface area contributed by atoms with Crippen molar-refractivity contribution in [3.05, 3.63) is 0 Å². The molecule has 0 amide bonds. The number of rotatable bonds is 2. The number of carbonyl (C=O) groups is 1. The molecule has 0 aromatic carbocycles. The van der Waals surface area contributed by atoms with Crippen molar-refractivity contribution in [2.75, 3.05) is 19.6 Å². The molecule has 2 rings (SSSR count). The Labute approximate surface area is 116 Å². The van der Waals surface area contributed by atoms with Crippen LogP contribution in [-0.2, 0) is 4.79 Å². The van der Waals surface area contributed by atoms with Crippen molar-refractivity contribution < 1.29 is 9.90 Å². The maximum absolute atomic E-state index is 11.3. The molecule has 1 unspecified atom stereocenters. The molecule has 0 aromatic rings. The zero-order chi connectivity index (χ0) is 14.0. The van der Waals surface area contributed by atoms with Crippen LogP contribution in [0, 0.1) is 11.3 Å². The van der Waals surface area contributed by atoms with E-state index in [1.165, 1.54) is 12.8 Å². The molecule has 0 radical (unpaired) electrons. The molecular weight excluding hydrogens is 240 g/mol. The minimum atomic E-state index is -0.676. The lowest BCUT2D eigenvalue weighted by molar-refractivity contribution is -0.145. The Balaban J connectivity index is 1.94. The highest BCUT2D eigenvalue weighted by molar-refractivity contribution is 5.74. The van der Waals surface area contributed by atoms with Crippen molar-refractivity contribution in [1.82, 2.24) is 10.2 Å². The first kappa shape index (κ1) is 14.8. The normalized spacial score (nSPS) is 34.2. The molecule has 0 spiro atoms. The van der Waals surface area contributed by atoms with Gasteiger partial charge in [0.25, 0.3) is 0 Å². The Kier molecular flexibility index (Phi) is 4.51. The van der Waals surface area contributed by atoms with Crippen LogP contribution in [0.3, 0.4) is 0 Å². The van der Waals surface area contributed by atoms with Gasteiger partial charge in [-0.3, -0.25) is 9.69 Å². The van der Waals surface area contributed by atoms with Gasteiger partial charge >= 0.3 is 5.97 Å². The Hall–Kier alpha value is -0.610. The zero-order valence-electron chi connectivity index (χ0n) is 12.5. The average molecular weight is 268 g/mol. The van der Waals surface area contributed by atoms with E-state index in [0.717, 1.165) is 31.8 Å². The van der Waals surface area contributed by atoms with Crippen LogP contribution in [0.4, 0.5) is 0 Å². The largest absolute Gasteiger partial charge is 0.480 e. The predicted octanol–water partition coefficient (Wildman–Crippen LogP) is 1.95. The SMILES string of the molecule is CC(C)(C)C1CCC(N2CCNCC2C(=O)O)CC1. The Morgan fingerprint density at radius 3 is 2.37 bits per heavy atom. The number of hydrogen-bond donors (Lipinski definition) is 2. The number of nitrogens with zero attached hydrogens (tertiary/aromatic N) is 1. The summed E-state index contributed by atoms with van der Waals surface area (Å²) in [5.41, 5.74) is 0.390. The molecule has 4 nitrogen and oxygen atoms in total. The van der Waals surface area contributed by atoms with Gasteiger partial charge < -0.3 is 10.4 Å². The molecule has 0 bridgehead atoms. The second-order valence-corrected chi connectivity index (χ2v) is 7.17. The number of piperazine rings is 1. The van der Waals surface area contributed by atoms with Gasteiger partial charge in [-0.1, -0.05) is 20.8 Å². The number of carboxylic acids is 1. The first-order chi connectivity index (χ1) is 8.89. The maximum atomic E-state index is 11.3. The van der Waals surface area contributed by atoms with E-state index in [0.29, 0.717) is 18.0 Å². The Bertz CT molecular complexity index is 317. The molecule has 1 aliphatic carbocycles. The minimum Gasteiger partial charge on any atom is -0.480 e. The van der Waals surface area contributed by atoms with Crippen LogP contribution in [0.2, 0.25) is 0 Å². The topological polar surface area (TPSA) is 52.6 Å². The molecule has 19 heavy (non-hydrogen) atoms. The van der Waals surface area contributed by atoms with Crippen molar-refractivity contribution in [3.8, 4) is 0 Å². The van der Waals surface area contributed by atoms with Gasteiger partial charge in [-0.25, -0.2) is 0 Å². The van der Waals surface area contributed by atoms with E-state index in [2.05, 4.69) is 31.0 Å². The number of carboxylic acid groups (broad SMARTS) is 1. The van der Waals surface area contributed by atoms with Gasteiger partial charge in [0.15, 0.2) is 0 Å². The van der Waals surface area contributed by atoms with Gasteiger partial charge in [0.1, 0.15) is 6.04 Å². The van der Waals surface area contributed by atoms with E-state index < -0.39 is 5.97 Å². The number of hydrogen-bond acceptors (Lipinski definition) is 3. The summed E-state index contributed by atoms with van der Waals surface area (Å²) < 4.78 is 0. The van der Waals surface area contributed by atoms with E-state index in [4.69, 9.17) is 0 Å². The van der Waals surface area contributed by atoms with Crippen molar-refractivity contribution >= 4 is 5.97 Å². The third kappa shape index (κ3) is 3.48. The second kappa shape index (κ2) is 5.80. The van der Waals surface area contributed by atoms with Gasteiger partial charge in [0.2, 0.25) is 0 Å². The highest BCUT2D eigenvalue weighted by atomic mass is 16.4. The third-order valence-electron chi connectivity index (χ3n) is 4.96. The number of aliphatic carboxylic acids is 1. The van der Waals surface area contributed by atoms with Gasteiger partial charge in [-0.2, -0.15) is 0 Å². The molecule has 4 heteroatoms. The quantitative estimate of drug-likeness (QED) is 0.804. The summed E-state index contributed by atoms with van der Waals surface area (Å²) in [6.45, 7) is 9.36. The summed E-state index contributed by atoms with van der Waals surface area (Å²) in [5, 5.41) is 12.5. The van der Waals surface area contributed by atoms with Crippen molar-refractivity contribution in [1.29, 1.82) is 0 Å². The lowest BCUT2D eigenvalue weighted by Crippen LogP contribution is -2.59. The molecule has 2 N–H and O–H groups in total. The summed E-state index contributed by atoms with van der Waals surface area (Å²) in [6, 6.07) is 0.145. The molecule has 110 valence electrons. The fourth-order valence-electron chi connectivity index (χ4n) is 3.66. The van der Waals surface area contributed by atoms with Gasteiger partial charge in [-0.05, 0) is 37.0 Å². The lowest BCUT2D eigenvalue weighted by Gasteiger charge is -2.44. The fourth-order valence-corrected chi connectivity index (χ4v) is 3.66. The van der Waals surface area contributed by atoms with Crippen LogP contribution >= 0.6 is 0 Å². The standard InChI is InChI=1S/C15H28N2O2/c1-15(2,3)11-4-6-12(7-5-11)17-9-8-16-10-13(17)14(18)19/h11-13,16H,4-10H2,1-3H3,(H,18,19). The zero-order valence-corrected chi connectivity index (χ0v) is 12.5. The van der Waals surface area contributed by atoms with E-state index in [9.17, 15) is 9.90 Å². The van der Waals surface area contributed by atoms with Crippen LogP contribution in [-0.4, -0.2) is 47.7 Å². The highest BCUT2D eigenvalue weighted by Crippen LogP contribution is 2.39. The first-order valence-electron chi connectivity index (χ1n) is 7.59. The van der Waals surface area contributed by atoms with Crippen molar-refractivity contribution in [3.63, 3.8) is 0 Å². The molecule has 1 heterocycles. The number of nitrogens with one attached hydrogen (secondary N) is 1. The minimum absolute atomic E-state index is 0.329. The Morgan fingerprint density at radius 2 is 1.84 bits per heavy atom. The van der Waals surface area contributed by atoms with Crippen molar-refractivity contribution in [2.45, 2.75) is 58.5 Å². The lowest BCUT2D eigenvalue weighted by atomic mass is 9.71. The van der Waals surface area contributed by atoms with Crippen LogP contribution in [0.5, 0.6) is 0 Å². The summed E-state index contributed by atoms with van der Waals surface area (Å²) in [4.78, 5) is 13.6. The predicted molar refractivity (Wildman–Crippen MR) is 76.2 cm³/mol. The molecule has 1 saturated heterocycles. The maximum Gasteiger partial charge on any atom is 0.322 e. The second-order valence-electron chi connectivity index (χ2n) is 7.17.